The van der Waals surface area contributed by atoms with E-state index in [1.54, 1.807) is 0 Å². The highest BCUT2D eigenvalue weighted by Gasteiger charge is 2.05. The van der Waals surface area contributed by atoms with Gasteiger partial charge < -0.3 is 9.30 Å². The molecule has 0 saturated carbocycles. The van der Waals surface area contributed by atoms with E-state index in [1.165, 1.54) is 16.5 Å². The number of hydrogen-bond donors (Lipinski definition) is 0. The monoisotopic (exact) mass is 329 g/mol. The first-order chi connectivity index (χ1) is 9.78. The van der Waals surface area contributed by atoms with Gasteiger partial charge in [-0.05, 0) is 42.8 Å². The first-order valence-electron chi connectivity index (χ1n) is 6.73. The van der Waals surface area contributed by atoms with Gasteiger partial charge in [-0.2, -0.15) is 0 Å². The third-order valence-electron chi connectivity index (χ3n) is 3.35. The van der Waals surface area contributed by atoms with E-state index in [0.29, 0.717) is 6.61 Å². The summed E-state index contributed by atoms with van der Waals surface area (Å²) in [7, 11) is 0. The Morgan fingerprint density at radius 2 is 1.95 bits per heavy atom. The van der Waals surface area contributed by atoms with Gasteiger partial charge in [0.1, 0.15) is 5.75 Å². The van der Waals surface area contributed by atoms with Crippen molar-refractivity contribution in [2.75, 3.05) is 6.61 Å². The minimum absolute atomic E-state index is 0.698. The Labute approximate surface area is 127 Å². The van der Waals surface area contributed by atoms with Crippen LogP contribution in [0.15, 0.2) is 59.2 Å². The van der Waals surface area contributed by atoms with Crippen LogP contribution in [-0.4, -0.2) is 11.2 Å². The highest BCUT2D eigenvalue weighted by atomic mass is 79.9. The van der Waals surface area contributed by atoms with Crippen molar-refractivity contribution in [1.82, 2.24) is 4.57 Å². The van der Waals surface area contributed by atoms with E-state index < -0.39 is 0 Å². The summed E-state index contributed by atoms with van der Waals surface area (Å²) in [5.74, 6) is 0.929. The topological polar surface area (TPSA) is 14.2 Å². The number of aromatic nitrogens is 1. The lowest BCUT2D eigenvalue weighted by molar-refractivity contribution is 0.340. The zero-order valence-electron chi connectivity index (χ0n) is 11.3. The average molecular weight is 330 g/mol. The summed E-state index contributed by atoms with van der Waals surface area (Å²) in [5, 5.41) is 1.21. The molecule has 0 bridgehead atoms. The number of nitrogens with zero attached hydrogens (tertiary/aromatic N) is 1. The van der Waals surface area contributed by atoms with Crippen LogP contribution in [0.4, 0.5) is 0 Å². The fourth-order valence-corrected chi connectivity index (χ4v) is 2.79. The zero-order valence-corrected chi connectivity index (χ0v) is 12.9. The molecule has 0 aliphatic rings. The van der Waals surface area contributed by atoms with Crippen LogP contribution in [0.2, 0.25) is 0 Å². The Morgan fingerprint density at radius 1 is 1.10 bits per heavy atom. The average Bonchev–Trinajstić information content (AvgIpc) is 2.84. The zero-order chi connectivity index (χ0) is 13.9. The van der Waals surface area contributed by atoms with E-state index in [0.717, 1.165) is 16.8 Å². The second-order valence-corrected chi connectivity index (χ2v) is 5.54. The summed E-state index contributed by atoms with van der Waals surface area (Å²) in [6.45, 7) is 3.56. The van der Waals surface area contributed by atoms with E-state index in [2.05, 4.69) is 63.1 Å². The lowest BCUT2D eigenvalue weighted by Gasteiger charge is -2.08. The Morgan fingerprint density at radius 3 is 2.75 bits per heavy atom. The van der Waals surface area contributed by atoms with E-state index in [9.17, 15) is 0 Å². The summed E-state index contributed by atoms with van der Waals surface area (Å²) < 4.78 is 8.95. The SMILES string of the molecule is CCOc1ccc2c(ccn2Cc2ccccc2Br)c1. The third kappa shape index (κ3) is 2.59. The fraction of sp³-hybridized carbons (Fsp3) is 0.176. The van der Waals surface area contributed by atoms with Gasteiger partial charge in [0.15, 0.2) is 0 Å². The van der Waals surface area contributed by atoms with Crippen LogP contribution in [-0.2, 0) is 6.54 Å². The number of hydrogen-bond acceptors (Lipinski definition) is 1. The van der Waals surface area contributed by atoms with Gasteiger partial charge in [0.2, 0.25) is 0 Å². The molecule has 0 spiro atoms. The molecule has 3 rings (SSSR count). The highest BCUT2D eigenvalue weighted by Crippen LogP contribution is 2.24. The molecule has 0 fully saturated rings. The summed E-state index contributed by atoms with van der Waals surface area (Å²) in [5.41, 5.74) is 2.50. The van der Waals surface area contributed by atoms with Crippen molar-refractivity contribution >= 4 is 26.8 Å². The fourth-order valence-electron chi connectivity index (χ4n) is 2.38. The maximum Gasteiger partial charge on any atom is 0.120 e. The van der Waals surface area contributed by atoms with E-state index in [1.807, 2.05) is 19.1 Å². The summed E-state index contributed by atoms with van der Waals surface area (Å²) in [6.07, 6.45) is 2.12. The van der Waals surface area contributed by atoms with Crippen LogP contribution in [0.3, 0.4) is 0 Å². The molecule has 0 unspecified atom stereocenters. The third-order valence-corrected chi connectivity index (χ3v) is 4.13. The second-order valence-electron chi connectivity index (χ2n) is 4.69. The van der Waals surface area contributed by atoms with Gasteiger partial charge in [-0.25, -0.2) is 0 Å². The van der Waals surface area contributed by atoms with Crippen molar-refractivity contribution in [3.05, 3.63) is 64.8 Å². The molecule has 0 aliphatic carbocycles. The summed E-state index contributed by atoms with van der Waals surface area (Å²) in [6, 6.07) is 16.7. The van der Waals surface area contributed by atoms with Crippen molar-refractivity contribution in [2.24, 2.45) is 0 Å². The summed E-state index contributed by atoms with van der Waals surface area (Å²) >= 11 is 3.60. The van der Waals surface area contributed by atoms with Gasteiger partial charge >= 0.3 is 0 Å². The molecule has 0 aliphatic heterocycles. The molecular weight excluding hydrogens is 314 g/mol. The Hall–Kier alpha value is -1.74. The maximum atomic E-state index is 5.54. The first-order valence-corrected chi connectivity index (χ1v) is 7.52. The molecule has 3 heteroatoms. The lowest BCUT2D eigenvalue weighted by Crippen LogP contribution is -1.98. The number of halogens is 1. The highest BCUT2D eigenvalue weighted by molar-refractivity contribution is 9.10. The smallest absolute Gasteiger partial charge is 0.120 e. The van der Waals surface area contributed by atoms with Gasteiger partial charge in [-0.3, -0.25) is 0 Å². The molecule has 1 heterocycles. The quantitative estimate of drug-likeness (QED) is 0.667. The Bertz CT molecular complexity index is 733. The minimum Gasteiger partial charge on any atom is -0.494 e. The van der Waals surface area contributed by atoms with Crippen molar-refractivity contribution in [2.45, 2.75) is 13.5 Å². The van der Waals surface area contributed by atoms with Gasteiger partial charge in [0, 0.05) is 28.1 Å². The van der Waals surface area contributed by atoms with E-state index in [-0.39, 0.29) is 0 Å². The number of ether oxygens (including phenoxy) is 1. The van der Waals surface area contributed by atoms with Gasteiger partial charge in [0.05, 0.1) is 6.61 Å². The molecule has 20 heavy (non-hydrogen) atoms. The van der Waals surface area contributed by atoms with Gasteiger partial charge in [0.25, 0.3) is 0 Å². The normalized spacial score (nSPS) is 10.9. The molecular formula is C17H16BrNO. The van der Waals surface area contributed by atoms with Crippen LogP contribution in [0.1, 0.15) is 12.5 Å². The van der Waals surface area contributed by atoms with Crippen molar-refractivity contribution in [1.29, 1.82) is 0 Å². The standard InChI is InChI=1S/C17H16BrNO/c1-2-20-15-7-8-17-13(11-15)9-10-19(17)12-14-5-3-4-6-16(14)18/h3-11H,2,12H2,1H3. The number of benzene rings is 2. The molecule has 0 amide bonds. The van der Waals surface area contributed by atoms with Crippen LogP contribution in [0.25, 0.3) is 10.9 Å². The minimum atomic E-state index is 0.698. The first kappa shape index (κ1) is 13.3. The molecule has 0 saturated heterocycles. The van der Waals surface area contributed by atoms with Crippen LogP contribution < -0.4 is 4.74 Å². The molecule has 1 aromatic heterocycles. The largest absolute Gasteiger partial charge is 0.494 e. The van der Waals surface area contributed by atoms with Crippen LogP contribution >= 0.6 is 15.9 Å². The van der Waals surface area contributed by atoms with Crippen LogP contribution in [0.5, 0.6) is 5.75 Å². The van der Waals surface area contributed by atoms with Crippen LogP contribution in [0, 0.1) is 0 Å². The molecule has 102 valence electrons. The molecule has 0 atom stereocenters. The van der Waals surface area contributed by atoms with E-state index in [4.69, 9.17) is 4.74 Å². The lowest BCUT2D eigenvalue weighted by atomic mass is 10.2. The Balaban J connectivity index is 1.95. The number of fused-ring (bicyclic) bond motifs is 1. The predicted molar refractivity (Wildman–Crippen MR) is 86.4 cm³/mol. The molecule has 2 aromatic carbocycles. The molecule has 0 radical (unpaired) electrons. The van der Waals surface area contributed by atoms with Crippen molar-refractivity contribution in [3.63, 3.8) is 0 Å². The van der Waals surface area contributed by atoms with Crippen molar-refractivity contribution in [3.8, 4) is 5.75 Å². The van der Waals surface area contributed by atoms with Gasteiger partial charge in [-0.1, -0.05) is 34.1 Å². The predicted octanol–water partition coefficient (Wildman–Crippen LogP) is 4.85. The summed E-state index contributed by atoms with van der Waals surface area (Å²) in [4.78, 5) is 0. The van der Waals surface area contributed by atoms with E-state index >= 15 is 0 Å². The molecule has 3 aromatic rings. The molecule has 0 N–H and O–H groups in total. The maximum absolute atomic E-state index is 5.54. The number of rotatable bonds is 4. The van der Waals surface area contributed by atoms with Gasteiger partial charge in [-0.15, -0.1) is 0 Å². The second kappa shape index (κ2) is 5.71. The molecule has 2 nitrogen and oxygen atoms in total. The Kier molecular flexibility index (Phi) is 3.79. The van der Waals surface area contributed by atoms with Crippen molar-refractivity contribution < 1.29 is 4.74 Å².